The molecule has 19 heavy (non-hydrogen) atoms. The minimum atomic E-state index is -0.449. The van der Waals surface area contributed by atoms with Crippen LogP contribution in [0.15, 0.2) is 0 Å². The van der Waals surface area contributed by atoms with E-state index in [0.717, 1.165) is 25.8 Å². The van der Waals surface area contributed by atoms with E-state index in [-0.39, 0.29) is 5.91 Å². The maximum atomic E-state index is 12.0. The molecule has 1 amide bonds. The van der Waals surface area contributed by atoms with Gasteiger partial charge < -0.3 is 16.0 Å². The zero-order chi connectivity index (χ0) is 14.0. The summed E-state index contributed by atoms with van der Waals surface area (Å²) in [6.07, 6.45) is 6.45. The third-order valence-electron chi connectivity index (χ3n) is 4.53. The molecule has 2 rings (SSSR count). The quantitative estimate of drug-likeness (QED) is 0.766. The first-order valence-electron chi connectivity index (χ1n) is 7.71. The summed E-state index contributed by atoms with van der Waals surface area (Å²) in [5.41, 5.74) is 5.27. The molecule has 4 nitrogen and oxygen atoms in total. The number of hydrogen-bond acceptors (Lipinski definition) is 3. The first-order chi connectivity index (χ1) is 8.93. The molecule has 0 spiro atoms. The monoisotopic (exact) mass is 267 g/mol. The Morgan fingerprint density at radius 2 is 2.11 bits per heavy atom. The van der Waals surface area contributed by atoms with E-state index in [9.17, 15) is 4.79 Å². The van der Waals surface area contributed by atoms with Crippen LogP contribution in [-0.4, -0.2) is 42.0 Å². The summed E-state index contributed by atoms with van der Waals surface area (Å²) in [6.45, 7) is 5.56. The molecule has 0 heterocycles. The molecular formula is C15H29N3O. The fraction of sp³-hybridized carbons (Fsp3) is 0.933. The number of nitrogens with two attached hydrogens (primary N) is 1. The minimum absolute atomic E-state index is 0.151. The van der Waals surface area contributed by atoms with Crippen LogP contribution < -0.4 is 11.1 Å². The number of nitrogens with zero attached hydrogens (tertiary/aromatic N) is 1. The van der Waals surface area contributed by atoms with Crippen LogP contribution in [0.2, 0.25) is 0 Å². The van der Waals surface area contributed by atoms with Gasteiger partial charge in [-0.2, -0.15) is 0 Å². The van der Waals surface area contributed by atoms with E-state index in [1.807, 2.05) is 0 Å². The summed E-state index contributed by atoms with van der Waals surface area (Å²) in [5, 5.41) is 3.54. The predicted octanol–water partition coefficient (Wildman–Crippen LogP) is 1.49. The van der Waals surface area contributed by atoms with E-state index < -0.39 is 5.54 Å². The van der Waals surface area contributed by atoms with E-state index in [2.05, 4.69) is 31.1 Å². The van der Waals surface area contributed by atoms with Gasteiger partial charge in [0.25, 0.3) is 0 Å². The highest BCUT2D eigenvalue weighted by molar-refractivity contribution is 5.85. The molecule has 0 saturated heterocycles. The van der Waals surface area contributed by atoms with Crippen LogP contribution in [0, 0.1) is 5.92 Å². The lowest BCUT2D eigenvalue weighted by molar-refractivity contribution is -0.126. The molecule has 2 atom stereocenters. The van der Waals surface area contributed by atoms with Crippen molar-refractivity contribution in [2.24, 2.45) is 11.7 Å². The van der Waals surface area contributed by atoms with Gasteiger partial charge in [0.1, 0.15) is 0 Å². The fourth-order valence-corrected chi connectivity index (χ4v) is 3.39. The zero-order valence-electron chi connectivity index (χ0n) is 12.6. The second-order valence-corrected chi connectivity index (χ2v) is 6.95. The molecule has 0 aromatic heterocycles. The molecule has 2 fully saturated rings. The molecule has 0 aliphatic heterocycles. The number of primary amides is 1. The van der Waals surface area contributed by atoms with Crippen LogP contribution in [0.4, 0.5) is 0 Å². The van der Waals surface area contributed by atoms with Crippen molar-refractivity contribution in [3.05, 3.63) is 0 Å². The molecule has 0 aromatic carbocycles. The van der Waals surface area contributed by atoms with Crippen LogP contribution in [0.3, 0.4) is 0 Å². The topological polar surface area (TPSA) is 58.4 Å². The molecule has 2 aliphatic carbocycles. The van der Waals surface area contributed by atoms with Crippen molar-refractivity contribution in [3.8, 4) is 0 Å². The molecule has 0 radical (unpaired) electrons. The lowest BCUT2D eigenvalue weighted by Crippen LogP contribution is -2.61. The Morgan fingerprint density at radius 3 is 2.63 bits per heavy atom. The Bertz CT molecular complexity index is 327. The van der Waals surface area contributed by atoms with Crippen LogP contribution in [0.5, 0.6) is 0 Å². The van der Waals surface area contributed by atoms with Gasteiger partial charge in [-0.05, 0) is 51.5 Å². The van der Waals surface area contributed by atoms with Crippen molar-refractivity contribution >= 4 is 5.91 Å². The zero-order valence-corrected chi connectivity index (χ0v) is 12.6. The van der Waals surface area contributed by atoms with E-state index in [0.29, 0.717) is 18.0 Å². The molecular weight excluding hydrogens is 238 g/mol. The third-order valence-corrected chi connectivity index (χ3v) is 4.53. The van der Waals surface area contributed by atoms with Crippen molar-refractivity contribution in [2.45, 2.75) is 70.0 Å². The van der Waals surface area contributed by atoms with Gasteiger partial charge in [-0.3, -0.25) is 4.79 Å². The SMILES string of the molecule is CC(C)CN(C)C1CCCC(NC2CC2)(C(N)=O)C1. The largest absolute Gasteiger partial charge is 0.368 e. The average Bonchev–Trinajstić information content (AvgIpc) is 3.12. The molecule has 2 saturated carbocycles. The summed E-state index contributed by atoms with van der Waals surface area (Å²) < 4.78 is 0. The normalized spacial score (nSPS) is 31.9. The van der Waals surface area contributed by atoms with Gasteiger partial charge in [0.15, 0.2) is 0 Å². The van der Waals surface area contributed by atoms with Gasteiger partial charge >= 0.3 is 0 Å². The maximum absolute atomic E-state index is 12.0. The smallest absolute Gasteiger partial charge is 0.237 e. The first-order valence-corrected chi connectivity index (χ1v) is 7.71. The standard InChI is InChI=1S/C15H29N3O/c1-11(2)10-18(3)13-5-4-8-15(9-13,14(16)19)17-12-6-7-12/h11-13,17H,4-10H2,1-3H3,(H2,16,19). The second kappa shape index (κ2) is 5.80. The van der Waals surface area contributed by atoms with E-state index >= 15 is 0 Å². The Morgan fingerprint density at radius 1 is 1.42 bits per heavy atom. The molecule has 0 bridgehead atoms. The van der Waals surface area contributed by atoms with Gasteiger partial charge in [-0.15, -0.1) is 0 Å². The van der Waals surface area contributed by atoms with Crippen molar-refractivity contribution in [1.82, 2.24) is 10.2 Å². The van der Waals surface area contributed by atoms with Crippen molar-refractivity contribution in [2.75, 3.05) is 13.6 Å². The fourth-order valence-electron chi connectivity index (χ4n) is 3.39. The maximum Gasteiger partial charge on any atom is 0.237 e. The molecule has 3 N–H and O–H groups in total. The molecule has 2 unspecified atom stereocenters. The molecule has 110 valence electrons. The lowest BCUT2D eigenvalue weighted by atomic mass is 9.77. The first kappa shape index (κ1) is 14.8. The summed E-state index contributed by atoms with van der Waals surface area (Å²) in [4.78, 5) is 14.4. The Hall–Kier alpha value is -0.610. The highest BCUT2D eigenvalue weighted by atomic mass is 16.1. The Balaban J connectivity index is 2.01. The summed E-state index contributed by atoms with van der Waals surface area (Å²) in [7, 11) is 2.18. The van der Waals surface area contributed by atoms with Crippen molar-refractivity contribution in [1.29, 1.82) is 0 Å². The van der Waals surface area contributed by atoms with Crippen molar-refractivity contribution < 1.29 is 4.79 Å². The average molecular weight is 267 g/mol. The van der Waals surface area contributed by atoms with Crippen LogP contribution >= 0.6 is 0 Å². The number of carbonyl (C=O) groups excluding carboxylic acids is 1. The summed E-state index contributed by atoms with van der Waals surface area (Å²) in [5.74, 6) is 0.508. The summed E-state index contributed by atoms with van der Waals surface area (Å²) >= 11 is 0. The van der Waals surface area contributed by atoms with Crippen LogP contribution in [-0.2, 0) is 4.79 Å². The molecule has 4 heteroatoms. The van der Waals surface area contributed by atoms with E-state index in [4.69, 9.17) is 5.73 Å². The number of amides is 1. The van der Waals surface area contributed by atoms with Crippen LogP contribution in [0.25, 0.3) is 0 Å². The van der Waals surface area contributed by atoms with Gasteiger partial charge in [0, 0.05) is 18.6 Å². The van der Waals surface area contributed by atoms with Gasteiger partial charge in [-0.25, -0.2) is 0 Å². The Labute approximate surface area is 117 Å². The van der Waals surface area contributed by atoms with Gasteiger partial charge in [0.05, 0.1) is 5.54 Å². The van der Waals surface area contributed by atoms with Gasteiger partial charge in [-0.1, -0.05) is 13.8 Å². The van der Waals surface area contributed by atoms with Gasteiger partial charge in [0.2, 0.25) is 5.91 Å². The van der Waals surface area contributed by atoms with E-state index in [1.54, 1.807) is 0 Å². The lowest BCUT2D eigenvalue weighted by Gasteiger charge is -2.43. The number of rotatable bonds is 6. The van der Waals surface area contributed by atoms with Crippen LogP contribution in [0.1, 0.15) is 52.4 Å². The predicted molar refractivity (Wildman–Crippen MR) is 77.8 cm³/mol. The highest BCUT2D eigenvalue weighted by Gasteiger charge is 2.45. The molecule has 2 aliphatic rings. The molecule has 0 aromatic rings. The highest BCUT2D eigenvalue weighted by Crippen LogP contribution is 2.34. The van der Waals surface area contributed by atoms with Crippen molar-refractivity contribution in [3.63, 3.8) is 0 Å². The summed E-state index contributed by atoms with van der Waals surface area (Å²) in [6, 6.07) is 1.01. The number of hydrogen-bond donors (Lipinski definition) is 2. The number of carbonyl (C=O) groups is 1. The minimum Gasteiger partial charge on any atom is -0.368 e. The second-order valence-electron chi connectivity index (χ2n) is 6.95. The number of nitrogens with one attached hydrogen (secondary N) is 1. The third kappa shape index (κ3) is 3.69. The van der Waals surface area contributed by atoms with E-state index in [1.165, 1.54) is 19.3 Å². The Kier molecular flexibility index (Phi) is 4.51.